The highest BCUT2D eigenvalue weighted by Gasteiger charge is 2.18. The average Bonchev–Trinajstić information content (AvgIpc) is 3.22. The van der Waals surface area contributed by atoms with Crippen molar-refractivity contribution in [2.24, 2.45) is 0 Å². The van der Waals surface area contributed by atoms with Gasteiger partial charge >= 0.3 is 5.97 Å². The molecule has 0 rings (SSSR count). The number of amides is 1. The highest BCUT2D eigenvalue weighted by molar-refractivity contribution is 5.76. The Labute approximate surface area is 361 Å². The number of esters is 1. The van der Waals surface area contributed by atoms with Gasteiger partial charge in [-0.2, -0.15) is 0 Å². The number of rotatable bonds is 47. The SMILES string of the molecule is CCCCCC/C=C\CCCCCCCC(=O)OCCCCCCCCCCCCCCCCCCCCCC(=O)NC(CO)C(O)/C=C/CCCCCCCCC. The summed E-state index contributed by atoms with van der Waals surface area (Å²) in [4.78, 5) is 24.4. The van der Waals surface area contributed by atoms with Gasteiger partial charge in [-0.05, 0) is 57.8 Å². The Morgan fingerprint density at radius 2 is 0.810 bits per heavy atom. The molecule has 0 bridgehead atoms. The maximum Gasteiger partial charge on any atom is 0.305 e. The molecule has 0 aromatic carbocycles. The molecule has 342 valence electrons. The lowest BCUT2D eigenvalue weighted by atomic mass is 10.0. The minimum absolute atomic E-state index is 0.00159. The van der Waals surface area contributed by atoms with Crippen LogP contribution in [0.3, 0.4) is 0 Å². The van der Waals surface area contributed by atoms with E-state index in [1.165, 1.54) is 199 Å². The summed E-state index contributed by atoms with van der Waals surface area (Å²) in [5.74, 6) is -0.0756. The first kappa shape index (κ1) is 56.3. The Morgan fingerprint density at radius 1 is 0.466 bits per heavy atom. The molecule has 0 aliphatic rings. The van der Waals surface area contributed by atoms with E-state index in [1.54, 1.807) is 6.08 Å². The number of allylic oxidation sites excluding steroid dienone is 3. The van der Waals surface area contributed by atoms with Gasteiger partial charge < -0.3 is 20.3 Å². The number of hydrogen-bond donors (Lipinski definition) is 3. The summed E-state index contributed by atoms with van der Waals surface area (Å²) in [6.07, 6.45) is 56.1. The summed E-state index contributed by atoms with van der Waals surface area (Å²) >= 11 is 0. The number of carbonyl (C=O) groups excluding carboxylic acids is 2. The van der Waals surface area contributed by atoms with Crippen LogP contribution >= 0.6 is 0 Å². The maximum absolute atomic E-state index is 12.4. The van der Waals surface area contributed by atoms with Crippen molar-refractivity contribution in [3.63, 3.8) is 0 Å². The quantitative estimate of drug-likeness (QED) is 0.0323. The van der Waals surface area contributed by atoms with Gasteiger partial charge in [-0.1, -0.05) is 224 Å². The molecular weight excluding hydrogens is 719 g/mol. The molecule has 2 unspecified atom stereocenters. The van der Waals surface area contributed by atoms with Crippen molar-refractivity contribution >= 4 is 11.9 Å². The third kappa shape index (κ3) is 43.9. The van der Waals surface area contributed by atoms with Crippen molar-refractivity contribution < 1.29 is 24.5 Å². The first-order chi connectivity index (χ1) is 28.5. The molecule has 1 amide bonds. The lowest BCUT2D eigenvalue weighted by Gasteiger charge is -2.20. The number of ether oxygens (including phenoxy) is 1. The normalized spacial score (nSPS) is 12.8. The van der Waals surface area contributed by atoms with Crippen LogP contribution in [0.15, 0.2) is 24.3 Å². The third-order valence-corrected chi connectivity index (χ3v) is 11.7. The van der Waals surface area contributed by atoms with E-state index in [0.29, 0.717) is 19.4 Å². The molecular formula is C52H99NO5. The molecule has 0 aliphatic carbocycles. The summed E-state index contributed by atoms with van der Waals surface area (Å²) in [5.41, 5.74) is 0. The summed E-state index contributed by atoms with van der Waals surface area (Å²) in [5, 5.41) is 22.9. The highest BCUT2D eigenvalue weighted by atomic mass is 16.5. The molecule has 0 fully saturated rings. The van der Waals surface area contributed by atoms with Crippen molar-refractivity contribution in [2.45, 2.75) is 283 Å². The smallest absolute Gasteiger partial charge is 0.305 e. The maximum atomic E-state index is 12.4. The molecule has 0 saturated heterocycles. The van der Waals surface area contributed by atoms with E-state index >= 15 is 0 Å². The minimum atomic E-state index is -0.843. The van der Waals surface area contributed by atoms with Crippen LogP contribution in [0.2, 0.25) is 0 Å². The van der Waals surface area contributed by atoms with E-state index < -0.39 is 12.1 Å². The van der Waals surface area contributed by atoms with Gasteiger partial charge in [0.2, 0.25) is 5.91 Å². The van der Waals surface area contributed by atoms with Crippen LogP contribution in [0.4, 0.5) is 0 Å². The van der Waals surface area contributed by atoms with Crippen LogP contribution in [-0.4, -0.2) is 47.4 Å². The molecule has 0 spiro atoms. The average molecular weight is 818 g/mol. The monoisotopic (exact) mass is 818 g/mol. The van der Waals surface area contributed by atoms with Gasteiger partial charge in [-0.25, -0.2) is 0 Å². The van der Waals surface area contributed by atoms with Gasteiger partial charge in [0.1, 0.15) is 0 Å². The first-order valence-corrected chi connectivity index (χ1v) is 25.6. The van der Waals surface area contributed by atoms with Gasteiger partial charge in [-0.3, -0.25) is 9.59 Å². The second kappa shape index (κ2) is 48.0. The van der Waals surface area contributed by atoms with Crippen molar-refractivity contribution in [1.29, 1.82) is 0 Å². The Balaban J connectivity index is 3.40. The van der Waals surface area contributed by atoms with E-state index in [0.717, 1.165) is 44.9 Å². The molecule has 3 N–H and O–H groups in total. The van der Waals surface area contributed by atoms with Crippen LogP contribution in [0, 0.1) is 0 Å². The first-order valence-electron chi connectivity index (χ1n) is 25.6. The fourth-order valence-electron chi connectivity index (χ4n) is 7.74. The molecule has 0 aliphatic heterocycles. The van der Waals surface area contributed by atoms with Gasteiger partial charge in [0, 0.05) is 12.8 Å². The summed E-state index contributed by atoms with van der Waals surface area (Å²) in [6.45, 7) is 4.85. The van der Waals surface area contributed by atoms with E-state index in [-0.39, 0.29) is 18.5 Å². The number of hydrogen-bond acceptors (Lipinski definition) is 5. The predicted molar refractivity (Wildman–Crippen MR) is 250 cm³/mol. The minimum Gasteiger partial charge on any atom is -0.466 e. The molecule has 0 saturated carbocycles. The lowest BCUT2D eigenvalue weighted by Crippen LogP contribution is -2.45. The molecule has 58 heavy (non-hydrogen) atoms. The van der Waals surface area contributed by atoms with Gasteiger partial charge in [-0.15, -0.1) is 0 Å². The summed E-state index contributed by atoms with van der Waals surface area (Å²) in [7, 11) is 0. The van der Waals surface area contributed by atoms with Crippen LogP contribution in [-0.2, 0) is 14.3 Å². The lowest BCUT2D eigenvalue weighted by molar-refractivity contribution is -0.143. The standard InChI is InChI=1S/C52H99NO5/c1-3-5-7-9-11-13-14-22-26-30-34-38-42-46-52(57)58-47-43-39-35-31-27-24-21-19-17-15-16-18-20-23-25-29-33-37-41-45-51(56)53-49(48-54)50(55)44-40-36-32-28-12-10-8-6-4-2/h13-14,40,44,49-50,54-55H,3-12,15-39,41-43,45-48H2,1-2H3,(H,53,56)/b14-13-,44-40+. The molecule has 2 atom stereocenters. The second-order valence-corrected chi connectivity index (χ2v) is 17.5. The largest absolute Gasteiger partial charge is 0.466 e. The van der Waals surface area contributed by atoms with Crippen molar-refractivity contribution in [3.8, 4) is 0 Å². The molecule has 0 heterocycles. The van der Waals surface area contributed by atoms with Gasteiger partial charge in [0.15, 0.2) is 0 Å². The topological polar surface area (TPSA) is 95.9 Å². The van der Waals surface area contributed by atoms with E-state index in [2.05, 4.69) is 31.3 Å². The zero-order valence-electron chi connectivity index (χ0n) is 38.8. The molecule has 0 radical (unpaired) electrons. The fourth-order valence-corrected chi connectivity index (χ4v) is 7.74. The van der Waals surface area contributed by atoms with Gasteiger partial charge in [0.05, 0.1) is 25.4 Å². The van der Waals surface area contributed by atoms with Gasteiger partial charge in [0.25, 0.3) is 0 Å². The second-order valence-electron chi connectivity index (χ2n) is 17.5. The van der Waals surface area contributed by atoms with Crippen molar-refractivity contribution in [2.75, 3.05) is 13.2 Å². The number of unbranched alkanes of at least 4 members (excludes halogenated alkanes) is 34. The number of nitrogens with one attached hydrogen (secondary N) is 1. The number of aliphatic hydroxyl groups excluding tert-OH is 2. The Morgan fingerprint density at radius 3 is 1.24 bits per heavy atom. The van der Waals surface area contributed by atoms with E-state index in [1.807, 2.05) is 6.08 Å². The summed E-state index contributed by atoms with van der Waals surface area (Å²) in [6, 6.07) is -0.627. The zero-order valence-corrected chi connectivity index (χ0v) is 38.8. The Hall–Kier alpha value is -1.66. The van der Waals surface area contributed by atoms with Crippen molar-refractivity contribution in [3.05, 3.63) is 24.3 Å². The summed E-state index contributed by atoms with van der Waals surface area (Å²) < 4.78 is 5.46. The van der Waals surface area contributed by atoms with Crippen LogP contribution < -0.4 is 5.32 Å². The third-order valence-electron chi connectivity index (χ3n) is 11.7. The van der Waals surface area contributed by atoms with E-state index in [4.69, 9.17) is 4.74 Å². The van der Waals surface area contributed by atoms with Crippen LogP contribution in [0.5, 0.6) is 0 Å². The highest BCUT2D eigenvalue weighted by Crippen LogP contribution is 2.16. The molecule has 0 aromatic rings. The van der Waals surface area contributed by atoms with Crippen LogP contribution in [0.1, 0.15) is 271 Å². The molecule has 0 aromatic heterocycles. The Kier molecular flexibility index (Phi) is 46.6. The Bertz CT molecular complexity index is 904. The molecule has 6 heteroatoms. The fraction of sp³-hybridized carbons (Fsp3) is 0.885. The van der Waals surface area contributed by atoms with Crippen LogP contribution in [0.25, 0.3) is 0 Å². The zero-order chi connectivity index (χ0) is 42.3. The molecule has 6 nitrogen and oxygen atoms in total. The number of aliphatic hydroxyl groups is 2. The number of carbonyl (C=O) groups is 2. The predicted octanol–water partition coefficient (Wildman–Crippen LogP) is 15.1. The van der Waals surface area contributed by atoms with E-state index in [9.17, 15) is 19.8 Å². The van der Waals surface area contributed by atoms with Crippen molar-refractivity contribution in [1.82, 2.24) is 5.32 Å².